The minimum atomic E-state index is -1.24. The largest absolute Gasteiger partial charge is 0.336 e. The van der Waals surface area contributed by atoms with Gasteiger partial charge in [0.2, 0.25) is 5.91 Å². The van der Waals surface area contributed by atoms with E-state index < -0.39 is 23.6 Å². The molecular formula is C18H12ClF2N5OS. The third-order valence-electron chi connectivity index (χ3n) is 3.64. The average Bonchev–Trinajstić information content (AvgIpc) is 3.13. The molecule has 0 aliphatic carbocycles. The number of thioether (sulfide) groups is 1. The molecule has 1 heterocycles. The number of amides is 1. The summed E-state index contributed by atoms with van der Waals surface area (Å²) in [7, 11) is 0. The third kappa shape index (κ3) is 4.65. The van der Waals surface area contributed by atoms with Gasteiger partial charge < -0.3 is 5.32 Å². The number of benzene rings is 2. The molecule has 1 aromatic heterocycles. The fraction of sp³-hybridized carbons (Fsp3) is 0.111. The van der Waals surface area contributed by atoms with Crippen molar-refractivity contribution in [2.24, 2.45) is 0 Å². The number of hydrogen-bond donors (Lipinski definition) is 1. The zero-order valence-electron chi connectivity index (χ0n) is 14.1. The maximum Gasteiger partial charge on any atom is 0.231 e. The number of carbonyl (C=O) groups is 1. The van der Waals surface area contributed by atoms with Gasteiger partial charge in [-0.3, -0.25) is 9.36 Å². The molecule has 0 fully saturated rings. The molecule has 1 atom stereocenters. The van der Waals surface area contributed by atoms with Gasteiger partial charge in [0, 0.05) is 16.7 Å². The Hall–Kier alpha value is -2.96. The van der Waals surface area contributed by atoms with Crippen LogP contribution in [0.1, 0.15) is 11.6 Å². The van der Waals surface area contributed by atoms with E-state index in [1.54, 1.807) is 28.8 Å². The highest BCUT2D eigenvalue weighted by atomic mass is 35.5. The topological polar surface area (TPSA) is 83.6 Å². The predicted octanol–water partition coefficient (Wildman–Crippen LogP) is 3.67. The molecule has 0 saturated carbocycles. The average molecular weight is 420 g/mol. The van der Waals surface area contributed by atoms with E-state index in [1.807, 2.05) is 6.07 Å². The molecule has 6 nitrogen and oxygen atoms in total. The van der Waals surface area contributed by atoms with E-state index in [4.69, 9.17) is 11.6 Å². The van der Waals surface area contributed by atoms with Gasteiger partial charge in [-0.2, -0.15) is 5.26 Å². The first-order valence-electron chi connectivity index (χ1n) is 7.90. The summed E-state index contributed by atoms with van der Waals surface area (Å²) in [5.74, 6) is -2.26. The zero-order chi connectivity index (χ0) is 20.1. The van der Waals surface area contributed by atoms with Crippen molar-refractivity contribution >= 4 is 29.3 Å². The van der Waals surface area contributed by atoms with Crippen LogP contribution in [0.4, 0.5) is 8.78 Å². The Balaban J connectivity index is 1.66. The standard InChI is InChI=1S/C18H12ClF2N5OS/c19-11-2-1-3-13(6-11)26-10-23-25-18(26)28-9-17(27)24-16(8-22)14-5-4-12(20)7-15(14)21/h1-7,10,16H,9H2,(H,24,27). The summed E-state index contributed by atoms with van der Waals surface area (Å²) in [6.07, 6.45) is 1.48. The Morgan fingerprint density at radius 3 is 2.86 bits per heavy atom. The van der Waals surface area contributed by atoms with Crippen molar-refractivity contribution in [3.63, 3.8) is 0 Å². The Kier molecular flexibility index (Phi) is 6.23. The van der Waals surface area contributed by atoms with E-state index in [0.29, 0.717) is 16.2 Å². The summed E-state index contributed by atoms with van der Waals surface area (Å²) < 4.78 is 28.5. The van der Waals surface area contributed by atoms with Gasteiger partial charge in [0.05, 0.1) is 17.5 Å². The van der Waals surface area contributed by atoms with Crippen molar-refractivity contribution < 1.29 is 13.6 Å². The minimum absolute atomic E-state index is 0.0831. The van der Waals surface area contributed by atoms with Gasteiger partial charge in [-0.15, -0.1) is 10.2 Å². The van der Waals surface area contributed by atoms with Gasteiger partial charge in [-0.1, -0.05) is 35.5 Å². The molecule has 1 N–H and O–H groups in total. The molecule has 0 aliphatic heterocycles. The second-order valence-corrected chi connectivity index (χ2v) is 6.93. The maximum absolute atomic E-state index is 13.8. The summed E-state index contributed by atoms with van der Waals surface area (Å²) in [6, 6.07) is 10.4. The molecule has 0 spiro atoms. The van der Waals surface area contributed by atoms with Gasteiger partial charge in [-0.05, 0) is 24.3 Å². The van der Waals surface area contributed by atoms with E-state index in [0.717, 1.165) is 29.6 Å². The molecule has 28 heavy (non-hydrogen) atoms. The van der Waals surface area contributed by atoms with Crippen molar-refractivity contribution in [1.82, 2.24) is 20.1 Å². The van der Waals surface area contributed by atoms with Crippen molar-refractivity contribution in [2.45, 2.75) is 11.2 Å². The summed E-state index contributed by atoms with van der Waals surface area (Å²) in [6.45, 7) is 0. The highest BCUT2D eigenvalue weighted by Crippen LogP contribution is 2.22. The third-order valence-corrected chi connectivity index (χ3v) is 4.82. The van der Waals surface area contributed by atoms with Crippen LogP contribution in [0.15, 0.2) is 53.9 Å². The number of nitrogens with one attached hydrogen (secondary N) is 1. The smallest absolute Gasteiger partial charge is 0.231 e. The van der Waals surface area contributed by atoms with Crippen LogP contribution in [0, 0.1) is 23.0 Å². The number of nitrogens with zero attached hydrogens (tertiary/aromatic N) is 4. The molecule has 0 bridgehead atoms. The Bertz CT molecular complexity index is 1050. The predicted molar refractivity (Wildman–Crippen MR) is 99.9 cm³/mol. The molecule has 1 unspecified atom stereocenters. The summed E-state index contributed by atoms with van der Waals surface area (Å²) >= 11 is 7.07. The van der Waals surface area contributed by atoms with Crippen molar-refractivity contribution in [3.8, 4) is 11.8 Å². The molecule has 0 saturated heterocycles. The lowest BCUT2D eigenvalue weighted by Crippen LogP contribution is -2.29. The Labute approximate surface area is 168 Å². The number of halogens is 3. The highest BCUT2D eigenvalue weighted by molar-refractivity contribution is 7.99. The molecule has 0 radical (unpaired) electrons. The number of rotatable bonds is 6. The molecule has 0 aliphatic rings. The normalized spacial score (nSPS) is 11.6. The first kappa shape index (κ1) is 19.8. The summed E-state index contributed by atoms with van der Waals surface area (Å²) in [4.78, 5) is 12.2. The number of nitriles is 1. The Morgan fingerprint density at radius 2 is 2.14 bits per heavy atom. The number of carbonyl (C=O) groups excluding carboxylic acids is 1. The molecular weight excluding hydrogens is 408 g/mol. The van der Waals surface area contributed by atoms with Crippen LogP contribution in [0.2, 0.25) is 5.02 Å². The molecule has 10 heteroatoms. The molecule has 3 rings (SSSR count). The minimum Gasteiger partial charge on any atom is -0.336 e. The number of aromatic nitrogens is 3. The van der Waals surface area contributed by atoms with Crippen molar-refractivity contribution in [2.75, 3.05) is 5.75 Å². The fourth-order valence-electron chi connectivity index (χ4n) is 2.37. The van der Waals surface area contributed by atoms with Gasteiger partial charge in [0.15, 0.2) is 5.16 Å². The zero-order valence-corrected chi connectivity index (χ0v) is 15.7. The Morgan fingerprint density at radius 1 is 1.32 bits per heavy atom. The highest BCUT2D eigenvalue weighted by Gasteiger charge is 2.19. The van der Waals surface area contributed by atoms with Crippen LogP contribution in [-0.2, 0) is 4.79 Å². The van der Waals surface area contributed by atoms with Crippen molar-refractivity contribution in [3.05, 3.63) is 71.0 Å². The van der Waals surface area contributed by atoms with Crippen LogP contribution in [-0.4, -0.2) is 26.4 Å². The number of hydrogen-bond acceptors (Lipinski definition) is 5. The van der Waals surface area contributed by atoms with Crippen LogP contribution < -0.4 is 5.32 Å². The summed E-state index contributed by atoms with van der Waals surface area (Å²) in [5.41, 5.74) is 0.619. The summed E-state index contributed by atoms with van der Waals surface area (Å²) in [5, 5.41) is 20.4. The first-order chi connectivity index (χ1) is 13.5. The maximum atomic E-state index is 13.8. The molecule has 1 amide bonds. The van der Waals surface area contributed by atoms with E-state index in [9.17, 15) is 18.8 Å². The van der Waals surface area contributed by atoms with E-state index in [-0.39, 0.29) is 11.3 Å². The molecule has 2 aromatic carbocycles. The van der Waals surface area contributed by atoms with Gasteiger partial charge in [0.1, 0.15) is 24.0 Å². The lowest BCUT2D eigenvalue weighted by molar-refractivity contribution is -0.118. The molecule has 3 aromatic rings. The first-order valence-corrected chi connectivity index (χ1v) is 9.27. The van der Waals surface area contributed by atoms with Crippen LogP contribution in [0.3, 0.4) is 0 Å². The van der Waals surface area contributed by atoms with E-state index >= 15 is 0 Å². The van der Waals surface area contributed by atoms with Gasteiger partial charge >= 0.3 is 0 Å². The lowest BCUT2D eigenvalue weighted by Gasteiger charge is -2.13. The van der Waals surface area contributed by atoms with E-state index in [2.05, 4.69) is 15.5 Å². The fourth-order valence-corrected chi connectivity index (χ4v) is 3.30. The van der Waals surface area contributed by atoms with Crippen molar-refractivity contribution in [1.29, 1.82) is 5.26 Å². The monoisotopic (exact) mass is 419 g/mol. The van der Waals surface area contributed by atoms with Crippen LogP contribution in [0.5, 0.6) is 0 Å². The second kappa shape index (κ2) is 8.82. The lowest BCUT2D eigenvalue weighted by atomic mass is 10.1. The quantitative estimate of drug-likeness (QED) is 0.616. The van der Waals surface area contributed by atoms with Crippen LogP contribution >= 0.6 is 23.4 Å². The second-order valence-electron chi connectivity index (χ2n) is 5.55. The van der Waals surface area contributed by atoms with Gasteiger partial charge in [0.25, 0.3) is 0 Å². The molecule has 142 valence electrons. The van der Waals surface area contributed by atoms with Crippen LogP contribution in [0.25, 0.3) is 5.69 Å². The SMILES string of the molecule is N#CC(NC(=O)CSc1nncn1-c1cccc(Cl)c1)c1ccc(F)cc1F. The van der Waals surface area contributed by atoms with E-state index in [1.165, 1.54) is 6.33 Å². The van der Waals surface area contributed by atoms with Gasteiger partial charge in [-0.25, -0.2) is 8.78 Å².